The first-order valence-electron chi connectivity index (χ1n) is 9.84. The van der Waals surface area contributed by atoms with Crippen LogP contribution in [0.2, 0.25) is 0 Å². The lowest BCUT2D eigenvalue weighted by atomic mass is 9.94. The molecule has 1 fully saturated rings. The van der Waals surface area contributed by atoms with Crippen molar-refractivity contribution in [2.75, 3.05) is 18.9 Å². The summed E-state index contributed by atoms with van der Waals surface area (Å²) in [6, 6.07) is 8.70. The monoisotopic (exact) mass is 393 g/mol. The van der Waals surface area contributed by atoms with Crippen molar-refractivity contribution >= 4 is 11.9 Å². The van der Waals surface area contributed by atoms with Gasteiger partial charge in [0, 0.05) is 17.7 Å². The van der Waals surface area contributed by atoms with Gasteiger partial charge in [0.05, 0.1) is 30.9 Å². The Labute approximate surface area is 169 Å². The van der Waals surface area contributed by atoms with Crippen molar-refractivity contribution in [1.29, 1.82) is 5.26 Å². The number of aromatic nitrogens is 2. The van der Waals surface area contributed by atoms with E-state index in [4.69, 9.17) is 20.5 Å². The molecule has 0 bridgehead atoms. The van der Waals surface area contributed by atoms with Crippen molar-refractivity contribution < 1.29 is 14.3 Å². The number of hydrogen-bond acceptors (Lipinski definition) is 7. The average Bonchev–Trinajstić information content (AvgIpc) is 2.75. The Kier molecular flexibility index (Phi) is 5.58. The Morgan fingerprint density at radius 1 is 1.24 bits per heavy atom. The van der Waals surface area contributed by atoms with E-state index in [0.717, 1.165) is 36.9 Å². The van der Waals surface area contributed by atoms with E-state index in [2.05, 4.69) is 21.4 Å². The van der Waals surface area contributed by atoms with Crippen LogP contribution in [0.1, 0.15) is 46.6 Å². The molecule has 1 aliphatic carbocycles. The number of carbonyl (C=O) groups is 1. The second kappa shape index (κ2) is 8.45. The maximum absolute atomic E-state index is 13.0. The molecule has 1 saturated heterocycles. The molecule has 1 aliphatic heterocycles. The lowest BCUT2D eigenvalue weighted by Crippen LogP contribution is -2.52. The summed E-state index contributed by atoms with van der Waals surface area (Å²) in [6.07, 6.45) is 4.06. The number of fused-ring (bicyclic) bond motifs is 1. The lowest BCUT2D eigenvalue weighted by Gasteiger charge is -2.32. The van der Waals surface area contributed by atoms with E-state index in [1.165, 1.54) is 0 Å². The normalized spacial score (nSPS) is 20.9. The Balaban J connectivity index is 1.50. The van der Waals surface area contributed by atoms with Crippen LogP contribution in [0.3, 0.4) is 0 Å². The Bertz CT molecular complexity index is 939. The van der Waals surface area contributed by atoms with Crippen molar-refractivity contribution in [3.8, 4) is 11.8 Å². The summed E-state index contributed by atoms with van der Waals surface area (Å²) in [5.74, 6) is 0.501. The van der Waals surface area contributed by atoms with Crippen molar-refractivity contribution in [2.45, 2.75) is 44.2 Å². The topological polar surface area (TPSA) is 123 Å². The smallest absolute Gasteiger partial charge is 0.270 e. The zero-order valence-corrected chi connectivity index (χ0v) is 16.1. The van der Waals surface area contributed by atoms with Gasteiger partial charge in [-0.1, -0.05) is 0 Å². The minimum absolute atomic E-state index is 0.126. The van der Waals surface area contributed by atoms with Crippen LogP contribution in [0.15, 0.2) is 24.3 Å². The second-order valence-electron chi connectivity index (χ2n) is 7.30. The molecule has 0 saturated carbocycles. The molecule has 1 aromatic heterocycles. The summed E-state index contributed by atoms with van der Waals surface area (Å²) in [7, 11) is 0. The standard InChI is InChI=1S/C21H23N5O3/c22-11-13-5-7-14(8-6-13)29-18-9-10-28-12-17(18)24-20(27)19-15-3-1-2-4-16(15)25-21(23)26-19/h5-8,17-18H,1-4,9-10,12H2,(H,24,27)(H2,23,25,26)/t17-,18-/m1/s1. The molecule has 1 aromatic carbocycles. The van der Waals surface area contributed by atoms with Crippen LogP contribution in [0, 0.1) is 11.3 Å². The number of hydrogen-bond donors (Lipinski definition) is 2. The van der Waals surface area contributed by atoms with Crippen LogP contribution in [0.4, 0.5) is 5.95 Å². The number of nitrogens with one attached hydrogen (secondary N) is 1. The van der Waals surface area contributed by atoms with Gasteiger partial charge < -0.3 is 20.5 Å². The van der Waals surface area contributed by atoms with E-state index in [1.807, 2.05) is 0 Å². The molecule has 4 rings (SSSR count). The van der Waals surface area contributed by atoms with E-state index in [-0.39, 0.29) is 24.0 Å². The molecule has 2 atom stereocenters. The highest BCUT2D eigenvalue weighted by Gasteiger charge is 2.31. The zero-order chi connectivity index (χ0) is 20.2. The van der Waals surface area contributed by atoms with Gasteiger partial charge in [-0.3, -0.25) is 4.79 Å². The molecule has 0 unspecified atom stereocenters. The van der Waals surface area contributed by atoms with Gasteiger partial charge in [0.2, 0.25) is 5.95 Å². The van der Waals surface area contributed by atoms with E-state index >= 15 is 0 Å². The minimum Gasteiger partial charge on any atom is -0.488 e. The predicted octanol–water partition coefficient (Wildman–Crippen LogP) is 1.78. The summed E-state index contributed by atoms with van der Waals surface area (Å²) >= 11 is 0. The number of anilines is 1. The molecule has 3 N–H and O–H groups in total. The van der Waals surface area contributed by atoms with Crippen molar-refractivity contribution in [2.24, 2.45) is 0 Å². The van der Waals surface area contributed by atoms with Gasteiger partial charge in [0.25, 0.3) is 5.91 Å². The van der Waals surface area contributed by atoms with Crippen LogP contribution in [-0.4, -0.2) is 41.2 Å². The fourth-order valence-corrected chi connectivity index (χ4v) is 3.81. The van der Waals surface area contributed by atoms with Crippen LogP contribution < -0.4 is 15.8 Å². The predicted molar refractivity (Wildman–Crippen MR) is 105 cm³/mol. The highest BCUT2D eigenvalue weighted by Crippen LogP contribution is 2.24. The van der Waals surface area contributed by atoms with E-state index in [9.17, 15) is 4.79 Å². The number of nitrogens with zero attached hydrogens (tertiary/aromatic N) is 3. The maximum Gasteiger partial charge on any atom is 0.270 e. The molecule has 29 heavy (non-hydrogen) atoms. The van der Waals surface area contributed by atoms with Crippen molar-refractivity contribution in [3.05, 3.63) is 46.8 Å². The third kappa shape index (κ3) is 4.30. The third-order valence-electron chi connectivity index (χ3n) is 5.30. The molecule has 2 heterocycles. The highest BCUT2D eigenvalue weighted by molar-refractivity contribution is 5.94. The summed E-state index contributed by atoms with van der Waals surface area (Å²) in [5, 5.41) is 11.9. The molecule has 150 valence electrons. The Hall–Kier alpha value is -3.18. The minimum atomic E-state index is -0.317. The largest absolute Gasteiger partial charge is 0.488 e. The van der Waals surface area contributed by atoms with Crippen molar-refractivity contribution in [3.63, 3.8) is 0 Å². The van der Waals surface area contributed by atoms with E-state index in [0.29, 0.717) is 36.6 Å². The molecule has 2 aliphatic rings. The van der Waals surface area contributed by atoms with Gasteiger partial charge in [-0.25, -0.2) is 9.97 Å². The fraction of sp³-hybridized carbons (Fsp3) is 0.429. The van der Waals surface area contributed by atoms with Crippen LogP contribution >= 0.6 is 0 Å². The number of amides is 1. The number of carbonyl (C=O) groups excluding carboxylic acids is 1. The van der Waals surface area contributed by atoms with E-state index < -0.39 is 0 Å². The number of nitrogen functional groups attached to an aromatic ring is 1. The number of nitriles is 1. The SMILES string of the molecule is N#Cc1ccc(O[C@@H]2CCOC[C@H]2NC(=O)c2nc(N)nc3c2CCCC3)cc1. The lowest BCUT2D eigenvalue weighted by molar-refractivity contribution is -0.00296. The number of nitrogens with two attached hydrogens (primary N) is 1. The molecular formula is C21H23N5O3. The van der Waals surface area contributed by atoms with Gasteiger partial charge in [-0.15, -0.1) is 0 Å². The van der Waals surface area contributed by atoms with Gasteiger partial charge in [0.1, 0.15) is 17.5 Å². The quantitative estimate of drug-likeness (QED) is 0.811. The Morgan fingerprint density at radius 3 is 2.83 bits per heavy atom. The van der Waals surface area contributed by atoms with Crippen LogP contribution in [0.5, 0.6) is 5.75 Å². The maximum atomic E-state index is 13.0. The molecule has 0 radical (unpaired) electrons. The Morgan fingerprint density at radius 2 is 2.03 bits per heavy atom. The molecule has 8 nitrogen and oxygen atoms in total. The molecular weight excluding hydrogens is 370 g/mol. The zero-order valence-electron chi connectivity index (χ0n) is 16.1. The number of benzene rings is 1. The molecule has 8 heteroatoms. The first kappa shape index (κ1) is 19.2. The van der Waals surface area contributed by atoms with Gasteiger partial charge in [0.15, 0.2) is 0 Å². The van der Waals surface area contributed by atoms with Gasteiger partial charge >= 0.3 is 0 Å². The number of rotatable bonds is 4. The molecule has 2 aromatic rings. The summed E-state index contributed by atoms with van der Waals surface area (Å²) in [4.78, 5) is 21.5. The number of aryl methyl sites for hydroxylation is 1. The van der Waals surface area contributed by atoms with Crippen LogP contribution in [0.25, 0.3) is 0 Å². The third-order valence-corrected chi connectivity index (χ3v) is 5.30. The average molecular weight is 393 g/mol. The number of ether oxygens (including phenoxy) is 2. The first-order valence-corrected chi connectivity index (χ1v) is 9.84. The fourth-order valence-electron chi connectivity index (χ4n) is 3.81. The van der Waals surface area contributed by atoms with Gasteiger partial charge in [-0.2, -0.15) is 5.26 Å². The van der Waals surface area contributed by atoms with E-state index in [1.54, 1.807) is 24.3 Å². The summed E-state index contributed by atoms with van der Waals surface area (Å²) < 4.78 is 11.6. The molecule has 1 amide bonds. The summed E-state index contributed by atoms with van der Waals surface area (Å²) in [6.45, 7) is 0.915. The van der Waals surface area contributed by atoms with Crippen molar-refractivity contribution in [1.82, 2.24) is 15.3 Å². The first-order chi connectivity index (χ1) is 14.1. The second-order valence-corrected chi connectivity index (χ2v) is 7.30. The highest BCUT2D eigenvalue weighted by atomic mass is 16.5. The summed E-state index contributed by atoms with van der Waals surface area (Å²) in [5.41, 5.74) is 8.53. The van der Waals surface area contributed by atoms with Gasteiger partial charge in [-0.05, 0) is 49.9 Å². The molecule has 0 spiro atoms. The van der Waals surface area contributed by atoms with Crippen LogP contribution in [-0.2, 0) is 17.6 Å².